The first-order valence-electron chi connectivity index (χ1n) is 10.2. The van der Waals surface area contributed by atoms with Crippen LogP contribution < -0.4 is 15.6 Å². The third-order valence-electron chi connectivity index (χ3n) is 5.21. The predicted molar refractivity (Wildman–Crippen MR) is 116 cm³/mol. The molecule has 0 aliphatic rings. The molecular formula is C23H24F3N3O3. The molecule has 1 heterocycles. The van der Waals surface area contributed by atoms with E-state index in [1.165, 1.54) is 6.07 Å². The summed E-state index contributed by atoms with van der Waals surface area (Å²) in [5.74, 6) is 0.0205. The normalized spacial score (nSPS) is 12.6. The largest absolute Gasteiger partial charge is 0.494 e. The molecule has 0 fully saturated rings. The number of carbonyl (C=O) groups excluding carboxylic acids is 1. The number of rotatable bonds is 6. The van der Waals surface area contributed by atoms with Crippen LogP contribution in [0.4, 0.5) is 18.9 Å². The molecule has 170 valence electrons. The minimum Gasteiger partial charge on any atom is -0.494 e. The molecule has 3 aromatic rings. The molecular weight excluding hydrogens is 423 g/mol. The summed E-state index contributed by atoms with van der Waals surface area (Å²) in [6.07, 6.45) is -4.85. The van der Waals surface area contributed by atoms with E-state index >= 15 is 0 Å². The van der Waals surface area contributed by atoms with E-state index in [1.807, 2.05) is 6.92 Å². The highest BCUT2D eigenvalue weighted by Crippen LogP contribution is 2.29. The van der Waals surface area contributed by atoms with Gasteiger partial charge in [0.1, 0.15) is 11.8 Å². The van der Waals surface area contributed by atoms with E-state index in [0.29, 0.717) is 18.0 Å². The number of fused-ring (bicyclic) bond motifs is 1. The van der Waals surface area contributed by atoms with Gasteiger partial charge >= 0.3 is 6.18 Å². The molecule has 0 saturated heterocycles. The van der Waals surface area contributed by atoms with Crippen molar-refractivity contribution in [2.45, 2.75) is 46.3 Å². The number of alkyl halides is 3. The lowest BCUT2D eigenvalue weighted by molar-refractivity contribution is -0.142. The second-order valence-electron chi connectivity index (χ2n) is 7.43. The maximum Gasteiger partial charge on any atom is 0.438 e. The van der Waals surface area contributed by atoms with Crippen molar-refractivity contribution in [1.82, 2.24) is 9.55 Å². The number of ether oxygens (including phenoxy) is 1. The number of aromatic nitrogens is 2. The van der Waals surface area contributed by atoms with E-state index in [1.54, 1.807) is 51.1 Å². The van der Waals surface area contributed by atoms with Crippen molar-refractivity contribution in [2.24, 2.45) is 0 Å². The molecule has 0 spiro atoms. The number of benzene rings is 2. The van der Waals surface area contributed by atoms with Gasteiger partial charge < -0.3 is 10.1 Å². The minimum atomic E-state index is -4.95. The first kappa shape index (κ1) is 23.3. The highest BCUT2D eigenvalue weighted by Gasteiger charge is 2.38. The van der Waals surface area contributed by atoms with E-state index < -0.39 is 29.4 Å². The third kappa shape index (κ3) is 4.61. The molecule has 1 atom stereocenters. The summed E-state index contributed by atoms with van der Waals surface area (Å²) in [5.41, 5.74) is -0.759. The fourth-order valence-electron chi connectivity index (χ4n) is 3.47. The van der Waals surface area contributed by atoms with Crippen LogP contribution in [0.15, 0.2) is 41.2 Å². The predicted octanol–water partition coefficient (Wildman–Crippen LogP) is 5.02. The number of anilines is 1. The maximum atomic E-state index is 13.6. The lowest BCUT2D eigenvalue weighted by atomic mass is 10.1. The van der Waals surface area contributed by atoms with Gasteiger partial charge in [0.25, 0.3) is 5.56 Å². The van der Waals surface area contributed by atoms with Crippen LogP contribution in [0.2, 0.25) is 0 Å². The van der Waals surface area contributed by atoms with Crippen LogP contribution in [0, 0.1) is 13.8 Å². The smallest absolute Gasteiger partial charge is 0.438 e. The maximum absolute atomic E-state index is 13.6. The zero-order valence-electron chi connectivity index (χ0n) is 18.2. The Morgan fingerprint density at radius 3 is 2.31 bits per heavy atom. The fraction of sp³-hybridized carbons (Fsp3) is 0.348. The van der Waals surface area contributed by atoms with E-state index in [-0.39, 0.29) is 17.5 Å². The molecule has 0 unspecified atom stereocenters. The molecule has 0 radical (unpaired) electrons. The number of carbonyl (C=O) groups is 1. The average Bonchev–Trinajstić information content (AvgIpc) is 2.72. The van der Waals surface area contributed by atoms with Gasteiger partial charge in [0.15, 0.2) is 0 Å². The SMILES string of the molecule is CCOc1ccc(NC(=O)[C@H](CC)n2c(=O)c(C(F)(F)F)nc3cc(C)c(C)cc32)cc1. The van der Waals surface area contributed by atoms with E-state index in [0.717, 1.165) is 15.7 Å². The Bertz CT molecular complexity index is 1200. The topological polar surface area (TPSA) is 73.2 Å². The van der Waals surface area contributed by atoms with Crippen molar-refractivity contribution in [3.63, 3.8) is 0 Å². The van der Waals surface area contributed by atoms with Crippen molar-refractivity contribution in [2.75, 3.05) is 11.9 Å². The second kappa shape index (κ2) is 9.02. The number of amides is 1. The lowest BCUT2D eigenvalue weighted by Gasteiger charge is -2.22. The van der Waals surface area contributed by atoms with Crippen molar-refractivity contribution in [3.8, 4) is 5.75 Å². The van der Waals surface area contributed by atoms with Gasteiger partial charge in [-0.2, -0.15) is 13.2 Å². The van der Waals surface area contributed by atoms with Gasteiger partial charge in [0, 0.05) is 5.69 Å². The molecule has 32 heavy (non-hydrogen) atoms. The molecule has 6 nitrogen and oxygen atoms in total. The molecule has 0 aliphatic carbocycles. The van der Waals surface area contributed by atoms with Crippen molar-refractivity contribution in [3.05, 3.63) is 63.6 Å². The highest BCUT2D eigenvalue weighted by atomic mass is 19.4. The highest BCUT2D eigenvalue weighted by molar-refractivity contribution is 5.94. The monoisotopic (exact) mass is 447 g/mol. The second-order valence-corrected chi connectivity index (χ2v) is 7.43. The van der Waals surface area contributed by atoms with Crippen LogP contribution in [0.1, 0.15) is 43.1 Å². The number of hydrogen-bond acceptors (Lipinski definition) is 4. The average molecular weight is 447 g/mol. The van der Waals surface area contributed by atoms with Crippen LogP contribution in [-0.2, 0) is 11.0 Å². The Balaban J connectivity index is 2.11. The molecule has 0 bridgehead atoms. The third-order valence-corrected chi connectivity index (χ3v) is 5.21. The Morgan fingerprint density at radius 2 is 1.75 bits per heavy atom. The summed E-state index contributed by atoms with van der Waals surface area (Å²) in [4.78, 5) is 29.5. The van der Waals surface area contributed by atoms with Crippen LogP contribution in [0.25, 0.3) is 11.0 Å². The van der Waals surface area contributed by atoms with Crippen LogP contribution >= 0.6 is 0 Å². The van der Waals surface area contributed by atoms with Crippen molar-refractivity contribution in [1.29, 1.82) is 0 Å². The summed E-state index contributed by atoms with van der Waals surface area (Å²) in [7, 11) is 0. The van der Waals surface area contributed by atoms with Gasteiger partial charge in [0.05, 0.1) is 17.6 Å². The lowest BCUT2D eigenvalue weighted by Crippen LogP contribution is -2.37. The standard InChI is InChI=1S/C23H24F3N3O3/c1-5-18(21(30)27-15-7-9-16(10-8-15)32-6-2)29-19-12-14(4)13(3)11-17(19)28-20(22(29)31)23(24,25)26/h7-12,18H,5-6H2,1-4H3,(H,27,30)/t18-/m0/s1. The number of hydrogen-bond donors (Lipinski definition) is 1. The van der Waals surface area contributed by atoms with E-state index in [2.05, 4.69) is 10.3 Å². The first-order valence-corrected chi connectivity index (χ1v) is 10.2. The molecule has 0 saturated carbocycles. The van der Waals surface area contributed by atoms with Crippen LogP contribution in [-0.4, -0.2) is 22.1 Å². The van der Waals surface area contributed by atoms with Crippen LogP contribution in [0.5, 0.6) is 5.75 Å². The Kier molecular flexibility index (Phi) is 6.57. The summed E-state index contributed by atoms with van der Waals surface area (Å²) in [5, 5.41) is 2.68. The molecule has 1 amide bonds. The van der Waals surface area contributed by atoms with Gasteiger partial charge in [-0.1, -0.05) is 6.92 Å². The zero-order valence-corrected chi connectivity index (χ0v) is 18.2. The number of aryl methyl sites for hydroxylation is 2. The summed E-state index contributed by atoms with van der Waals surface area (Å²) >= 11 is 0. The summed E-state index contributed by atoms with van der Waals surface area (Å²) in [6, 6.07) is 8.50. The Labute approximate surface area is 183 Å². The van der Waals surface area contributed by atoms with E-state index in [9.17, 15) is 22.8 Å². The molecule has 1 N–H and O–H groups in total. The zero-order chi connectivity index (χ0) is 23.6. The van der Waals surface area contributed by atoms with Gasteiger partial charge in [-0.05, 0) is 74.7 Å². The number of nitrogens with zero attached hydrogens (tertiary/aromatic N) is 2. The van der Waals surface area contributed by atoms with Crippen molar-refractivity contribution >= 4 is 22.6 Å². The molecule has 1 aromatic heterocycles. The fourth-order valence-corrected chi connectivity index (χ4v) is 3.47. The van der Waals surface area contributed by atoms with Gasteiger partial charge in [0.2, 0.25) is 11.6 Å². The number of nitrogens with one attached hydrogen (secondary N) is 1. The summed E-state index contributed by atoms with van der Waals surface area (Å²) < 4.78 is 47.0. The number of halogens is 3. The summed E-state index contributed by atoms with van der Waals surface area (Å²) in [6.45, 7) is 7.49. The first-order chi connectivity index (χ1) is 15.1. The van der Waals surface area contributed by atoms with Gasteiger partial charge in [-0.15, -0.1) is 0 Å². The van der Waals surface area contributed by atoms with E-state index in [4.69, 9.17) is 4.74 Å². The molecule has 3 rings (SSSR count). The quantitative estimate of drug-likeness (QED) is 0.576. The molecule has 9 heteroatoms. The Morgan fingerprint density at radius 1 is 1.12 bits per heavy atom. The molecule has 2 aromatic carbocycles. The van der Waals surface area contributed by atoms with Gasteiger partial charge in [-0.3, -0.25) is 14.2 Å². The van der Waals surface area contributed by atoms with Gasteiger partial charge in [-0.25, -0.2) is 4.98 Å². The molecule has 0 aliphatic heterocycles. The minimum absolute atomic E-state index is 0.00680. The van der Waals surface area contributed by atoms with Crippen LogP contribution in [0.3, 0.4) is 0 Å². The Hall–Kier alpha value is -3.36. The van der Waals surface area contributed by atoms with Crippen molar-refractivity contribution < 1.29 is 22.7 Å².